The summed E-state index contributed by atoms with van der Waals surface area (Å²) in [6.07, 6.45) is 0. The maximum atomic E-state index is 13.5. The van der Waals surface area contributed by atoms with E-state index < -0.39 is 5.97 Å². The van der Waals surface area contributed by atoms with Crippen molar-refractivity contribution in [2.24, 2.45) is 0 Å². The first kappa shape index (κ1) is 21.1. The molecule has 1 N–H and O–H groups in total. The Kier molecular flexibility index (Phi) is 6.34. The second kappa shape index (κ2) is 9.32. The van der Waals surface area contributed by atoms with Gasteiger partial charge in [0.05, 0.1) is 11.7 Å². The number of hydrogen-bond donors (Lipinski definition) is 1. The van der Waals surface area contributed by atoms with Gasteiger partial charge in [-0.25, -0.2) is 18.6 Å². The van der Waals surface area contributed by atoms with Crippen molar-refractivity contribution in [2.75, 3.05) is 26.2 Å². The molecule has 1 fully saturated rings. The van der Waals surface area contributed by atoms with E-state index in [9.17, 15) is 13.6 Å². The van der Waals surface area contributed by atoms with Crippen LogP contribution in [0.3, 0.4) is 0 Å². The molecule has 0 amide bonds. The van der Waals surface area contributed by atoms with Crippen LogP contribution in [-0.2, 0) is 6.54 Å². The number of pyridine rings is 1. The Labute approximate surface area is 179 Å². The molecule has 1 aliphatic heterocycles. The van der Waals surface area contributed by atoms with Crippen molar-refractivity contribution < 1.29 is 18.7 Å². The fourth-order valence-electron chi connectivity index (χ4n) is 4.00. The molecule has 0 spiro atoms. The zero-order chi connectivity index (χ0) is 21.8. The Morgan fingerprint density at radius 1 is 0.871 bits per heavy atom. The van der Waals surface area contributed by atoms with Gasteiger partial charge in [-0.2, -0.15) is 0 Å². The van der Waals surface area contributed by atoms with E-state index in [-0.39, 0.29) is 23.4 Å². The van der Waals surface area contributed by atoms with E-state index in [1.165, 1.54) is 30.3 Å². The third-order valence-electron chi connectivity index (χ3n) is 5.56. The summed E-state index contributed by atoms with van der Waals surface area (Å²) in [5.41, 5.74) is 2.68. The van der Waals surface area contributed by atoms with Crippen LogP contribution in [0.25, 0.3) is 0 Å². The smallest absolute Gasteiger partial charge is 0.354 e. The number of benzene rings is 2. The van der Waals surface area contributed by atoms with Crippen LogP contribution in [0.15, 0.2) is 66.7 Å². The van der Waals surface area contributed by atoms with Crippen molar-refractivity contribution >= 4 is 5.97 Å². The van der Waals surface area contributed by atoms with Crippen LogP contribution in [0.4, 0.5) is 8.78 Å². The topological polar surface area (TPSA) is 56.7 Å². The lowest BCUT2D eigenvalue weighted by Crippen LogP contribution is -2.47. The number of carboxylic acids is 1. The van der Waals surface area contributed by atoms with Crippen LogP contribution >= 0.6 is 0 Å². The van der Waals surface area contributed by atoms with Gasteiger partial charge in [0.1, 0.15) is 17.3 Å². The van der Waals surface area contributed by atoms with Crippen LogP contribution in [0.5, 0.6) is 0 Å². The van der Waals surface area contributed by atoms with E-state index in [4.69, 9.17) is 5.11 Å². The summed E-state index contributed by atoms with van der Waals surface area (Å²) in [5, 5.41) is 9.13. The highest BCUT2D eigenvalue weighted by molar-refractivity contribution is 5.85. The molecule has 7 heteroatoms. The fraction of sp³-hybridized carbons (Fsp3) is 0.250. The molecule has 1 aromatic heterocycles. The van der Waals surface area contributed by atoms with E-state index in [1.54, 1.807) is 30.3 Å². The summed E-state index contributed by atoms with van der Waals surface area (Å²) in [7, 11) is 0. The second-order valence-electron chi connectivity index (χ2n) is 7.64. The average molecular weight is 423 g/mol. The number of halogens is 2. The van der Waals surface area contributed by atoms with Crippen LogP contribution in [0, 0.1) is 11.6 Å². The van der Waals surface area contributed by atoms with Crippen molar-refractivity contribution in [3.63, 3.8) is 0 Å². The van der Waals surface area contributed by atoms with Gasteiger partial charge in [-0.1, -0.05) is 30.3 Å². The minimum atomic E-state index is -1.03. The second-order valence-corrected chi connectivity index (χ2v) is 7.64. The summed E-state index contributed by atoms with van der Waals surface area (Å²) < 4.78 is 26.9. The van der Waals surface area contributed by atoms with Crippen LogP contribution in [-0.4, -0.2) is 52.0 Å². The Bertz CT molecular complexity index is 988. The number of aromatic carboxylic acids is 1. The third kappa shape index (κ3) is 5.13. The highest BCUT2D eigenvalue weighted by Gasteiger charge is 2.27. The monoisotopic (exact) mass is 423 g/mol. The molecule has 0 saturated carbocycles. The summed E-state index contributed by atoms with van der Waals surface area (Å²) in [5.74, 6) is -1.61. The van der Waals surface area contributed by atoms with Crippen LogP contribution in [0.1, 0.15) is 33.4 Å². The highest BCUT2D eigenvalue weighted by atomic mass is 19.1. The Morgan fingerprint density at radius 3 is 1.94 bits per heavy atom. The quantitative estimate of drug-likeness (QED) is 0.650. The SMILES string of the molecule is O=C(O)c1cccc(CN2CCN(C(c3ccc(F)cc3)c3ccc(F)cc3)CC2)n1. The zero-order valence-electron chi connectivity index (χ0n) is 16.9. The van der Waals surface area contributed by atoms with Gasteiger partial charge in [-0.3, -0.25) is 9.80 Å². The van der Waals surface area contributed by atoms with E-state index in [0.29, 0.717) is 6.54 Å². The van der Waals surface area contributed by atoms with Crippen molar-refractivity contribution in [1.82, 2.24) is 14.8 Å². The van der Waals surface area contributed by atoms with Gasteiger partial charge < -0.3 is 5.11 Å². The maximum absolute atomic E-state index is 13.5. The molecule has 31 heavy (non-hydrogen) atoms. The Hall–Kier alpha value is -3.16. The number of carboxylic acid groups (broad SMARTS) is 1. The van der Waals surface area contributed by atoms with Crippen LogP contribution < -0.4 is 0 Å². The van der Waals surface area contributed by atoms with E-state index in [0.717, 1.165) is 43.0 Å². The average Bonchev–Trinajstić information content (AvgIpc) is 2.78. The first-order valence-electron chi connectivity index (χ1n) is 10.2. The minimum absolute atomic E-state index is 0.0452. The molecule has 1 aliphatic rings. The Morgan fingerprint density at radius 2 is 1.42 bits per heavy atom. The maximum Gasteiger partial charge on any atom is 0.354 e. The van der Waals surface area contributed by atoms with E-state index in [2.05, 4.69) is 14.8 Å². The standard InChI is InChI=1S/C24H23F2N3O2/c25-19-8-4-17(5-9-19)23(18-6-10-20(26)11-7-18)29-14-12-28(13-15-29)16-21-2-1-3-22(27-21)24(30)31/h1-11,23H,12-16H2,(H,30,31). The summed E-state index contributed by atoms with van der Waals surface area (Å²) in [6.45, 7) is 3.65. The number of rotatable bonds is 6. The molecule has 2 heterocycles. The lowest BCUT2D eigenvalue weighted by atomic mass is 9.96. The van der Waals surface area contributed by atoms with Gasteiger partial charge in [-0.15, -0.1) is 0 Å². The predicted molar refractivity (Wildman–Crippen MR) is 113 cm³/mol. The minimum Gasteiger partial charge on any atom is -0.477 e. The Balaban J connectivity index is 1.48. The van der Waals surface area contributed by atoms with Gasteiger partial charge >= 0.3 is 5.97 Å². The first-order valence-corrected chi connectivity index (χ1v) is 10.2. The molecule has 0 aliphatic carbocycles. The molecule has 3 aromatic rings. The van der Waals surface area contributed by atoms with Crippen molar-refractivity contribution in [1.29, 1.82) is 0 Å². The fourth-order valence-corrected chi connectivity index (χ4v) is 4.00. The van der Waals surface area contributed by atoms with Crippen LogP contribution in [0.2, 0.25) is 0 Å². The molecular weight excluding hydrogens is 400 g/mol. The normalized spacial score (nSPS) is 15.3. The largest absolute Gasteiger partial charge is 0.477 e. The van der Waals surface area contributed by atoms with Gasteiger partial charge in [0.2, 0.25) is 0 Å². The van der Waals surface area contributed by atoms with Gasteiger partial charge in [0.25, 0.3) is 0 Å². The number of aromatic nitrogens is 1. The van der Waals surface area contributed by atoms with Gasteiger partial charge in [0, 0.05) is 32.7 Å². The summed E-state index contributed by atoms with van der Waals surface area (Å²) >= 11 is 0. The first-order chi connectivity index (χ1) is 15.0. The lowest BCUT2D eigenvalue weighted by Gasteiger charge is -2.39. The predicted octanol–water partition coefficient (Wildman–Crippen LogP) is 3.97. The molecule has 5 nitrogen and oxygen atoms in total. The van der Waals surface area contributed by atoms with Crippen molar-refractivity contribution in [2.45, 2.75) is 12.6 Å². The molecule has 0 bridgehead atoms. The van der Waals surface area contributed by atoms with Crippen molar-refractivity contribution in [3.05, 3.63) is 101 Å². The zero-order valence-corrected chi connectivity index (χ0v) is 16.9. The van der Waals surface area contributed by atoms with E-state index >= 15 is 0 Å². The molecule has 1 saturated heterocycles. The molecule has 0 radical (unpaired) electrons. The van der Waals surface area contributed by atoms with E-state index in [1.807, 2.05) is 6.07 Å². The van der Waals surface area contributed by atoms with Crippen molar-refractivity contribution in [3.8, 4) is 0 Å². The summed E-state index contributed by atoms with van der Waals surface area (Å²) in [6, 6.07) is 17.8. The number of nitrogens with zero attached hydrogens (tertiary/aromatic N) is 3. The lowest BCUT2D eigenvalue weighted by molar-refractivity contribution is 0.0689. The molecule has 4 rings (SSSR count). The number of carbonyl (C=O) groups is 1. The third-order valence-corrected chi connectivity index (χ3v) is 5.56. The van der Waals surface area contributed by atoms with Gasteiger partial charge in [0.15, 0.2) is 0 Å². The molecule has 0 unspecified atom stereocenters. The highest BCUT2D eigenvalue weighted by Crippen LogP contribution is 2.30. The molecule has 2 aromatic carbocycles. The number of piperazine rings is 1. The summed E-state index contributed by atoms with van der Waals surface area (Å²) in [4.78, 5) is 19.9. The molecule has 0 atom stereocenters. The molecule has 160 valence electrons. The molecular formula is C24H23F2N3O2. The van der Waals surface area contributed by atoms with Gasteiger partial charge in [-0.05, 0) is 47.5 Å². The number of hydrogen-bond acceptors (Lipinski definition) is 4.